The van der Waals surface area contributed by atoms with Crippen molar-refractivity contribution >= 4 is 11.6 Å². The fraction of sp³-hybridized carbons (Fsp3) is 0.333. The second kappa shape index (κ2) is 2.72. The molecule has 0 aliphatic rings. The van der Waals surface area contributed by atoms with Gasteiger partial charge in [-0.1, -0.05) is 23.7 Å². The number of halogens is 1. The molecule has 0 aliphatic carbocycles. The van der Waals surface area contributed by atoms with E-state index in [-0.39, 0.29) is 5.69 Å². The Morgan fingerprint density at radius 1 is 1.80 bits per heavy atom. The van der Waals surface area contributed by atoms with Gasteiger partial charge in [0.25, 0.3) is 0 Å². The van der Waals surface area contributed by atoms with Crippen molar-refractivity contribution in [1.82, 2.24) is 5.16 Å². The Hall–Kier alpha value is -1.01. The topological polar surface area (TPSA) is 49.8 Å². The molecule has 0 fully saturated rings. The third-order valence-electron chi connectivity index (χ3n) is 1.13. The SMILES string of the molecule is CCc1onc(C#N)c1Cl. The lowest BCUT2D eigenvalue weighted by Gasteiger charge is -1.82. The summed E-state index contributed by atoms with van der Waals surface area (Å²) in [6.45, 7) is 1.88. The largest absolute Gasteiger partial charge is 0.358 e. The van der Waals surface area contributed by atoms with Gasteiger partial charge in [-0.15, -0.1) is 0 Å². The summed E-state index contributed by atoms with van der Waals surface area (Å²) >= 11 is 5.65. The van der Waals surface area contributed by atoms with Crippen molar-refractivity contribution in [2.75, 3.05) is 0 Å². The van der Waals surface area contributed by atoms with Gasteiger partial charge < -0.3 is 4.52 Å². The third kappa shape index (κ3) is 0.981. The smallest absolute Gasteiger partial charge is 0.202 e. The van der Waals surface area contributed by atoms with Crippen LogP contribution in [0.3, 0.4) is 0 Å². The zero-order chi connectivity index (χ0) is 7.56. The standard InChI is InChI=1S/C6H5ClN2O/c1-2-5-6(7)4(3-8)9-10-5/h2H2,1H3. The molecule has 0 saturated carbocycles. The van der Waals surface area contributed by atoms with Crippen LogP contribution in [0.5, 0.6) is 0 Å². The number of aromatic nitrogens is 1. The van der Waals surface area contributed by atoms with E-state index in [1.807, 2.05) is 13.0 Å². The lowest BCUT2D eigenvalue weighted by Crippen LogP contribution is -1.74. The van der Waals surface area contributed by atoms with Crippen LogP contribution >= 0.6 is 11.6 Å². The number of hydrogen-bond donors (Lipinski definition) is 0. The minimum atomic E-state index is 0.165. The summed E-state index contributed by atoms with van der Waals surface area (Å²) in [6, 6.07) is 1.81. The van der Waals surface area contributed by atoms with Gasteiger partial charge in [0.1, 0.15) is 11.1 Å². The molecule has 0 aromatic carbocycles. The van der Waals surface area contributed by atoms with E-state index >= 15 is 0 Å². The van der Waals surface area contributed by atoms with E-state index in [1.54, 1.807) is 0 Å². The first kappa shape index (κ1) is 7.10. The Morgan fingerprint density at radius 2 is 2.50 bits per heavy atom. The molecular formula is C6H5ClN2O. The first-order valence-corrected chi connectivity index (χ1v) is 3.21. The molecule has 0 unspecified atom stereocenters. The predicted molar refractivity (Wildman–Crippen MR) is 35.6 cm³/mol. The van der Waals surface area contributed by atoms with Crippen molar-refractivity contribution in [3.8, 4) is 6.07 Å². The minimum absolute atomic E-state index is 0.165. The maximum atomic E-state index is 8.37. The molecule has 0 bridgehead atoms. The molecule has 0 atom stereocenters. The Kier molecular flexibility index (Phi) is 1.93. The molecule has 0 N–H and O–H groups in total. The number of aryl methyl sites for hydroxylation is 1. The average Bonchev–Trinajstić information content (AvgIpc) is 2.30. The van der Waals surface area contributed by atoms with Crippen LogP contribution in [0.2, 0.25) is 5.02 Å². The normalized spacial score (nSPS) is 9.30. The van der Waals surface area contributed by atoms with E-state index < -0.39 is 0 Å². The molecule has 0 amide bonds. The van der Waals surface area contributed by atoms with Crippen molar-refractivity contribution in [3.05, 3.63) is 16.5 Å². The molecule has 1 aromatic heterocycles. The summed E-state index contributed by atoms with van der Waals surface area (Å²) in [4.78, 5) is 0. The van der Waals surface area contributed by atoms with Crippen LogP contribution in [0.4, 0.5) is 0 Å². The molecule has 1 heterocycles. The van der Waals surface area contributed by atoms with Crippen LogP contribution in [0.15, 0.2) is 4.52 Å². The van der Waals surface area contributed by atoms with Gasteiger partial charge in [0, 0.05) is 6.42 Å². The summed E-state index contributed by atoms with van der Waals surface area (Å²) in [6.07, 6.45) is 0.660. The molecular weight excluding hydrogens is 152 g/mol. The fourth-order valence-electron chi connectivity index (χ4n) is 0.602. The van der Waals surface area contributed by atoms with Gasteiger partial charge in [-0.05, 0) is 0 Å². The van der Waals surface area contributed by atoms with Crippen molar-refractivity contribution < 1.29 is 4.52 Å². The third-order valence-corrected chi connectivity index (χ3v) is 1.52. The van der Waals surface area contributed by atoms with E-state index in [0.717, 1.165) is 0 Å². The highest BCUT2D eigenvalue weighted by molar-refractivity contribution is 6.32. The highest BCUT2D eigenvalue weighted by atomic mass is 35.5. The Balaban J connectivity index is 3.12. The maximum Gasteiger partial charge on any atom is 0.202 e. The van der Waals surface area contributed by atoms with Gasteiger partial charge in [0.2, 0.25) is 5.69 Å². The van der Waals surface area contributed by atoms with Crippen molar-refractivity contribution in [2.24, 2.45) is 0 Å². The molecule has 0 saturated heterocycles. The number of hydrogen-bond acceptors (Lipinski definition) is 3. The Labute approximate surface area is 63.2 Å². The van der Waals surface area contributed by atoms with Gasteiger partial charge in [0.05, 0.1) is 0 Å². The van der Waals surface area contributed by atoms with E-state index in [0.29, 0.717) is 17.2 Å². The van der Waals surface area contributed by atoms with E-state index in [2.05, 4.69) is 5.16 Å². The highest BCUT2D eigenvalue weighted by Crippen LogP contribution is 2.19. The molecule has 0 radical (unpaired) electrons. The molecule has 0 aliphatic heterocycles. The van der Waals surface area contributed by atoms with Gasteiger partial charge in [-0.25, -0.2) is 0 Å². The van der Waals surface area contributed by atoms with Gasteiger partial charge in [-0.2, -0.15) is 5.26 Å². The molecule has 0 spiro atoms. The zero-order valence-electron chi connectivity index (χ0n) is 5.39. The average molecular weight is 157 g/mol. The van der Waals surface area contributed by atoms with Crippen LogP contribution in [-0.4, -0.2) is 5.16 Å². The van der Waals surface area contributed by atoms with Gasteiger partial charge in [0.15, 0.2) is 5.76 Å². The number of nitriles is 1. The lowest BCUT2D eigenvalue weighted by atomic mass is 10.3. The first-order valence-electron chi connectivity index (χ1n) is 2.83. The second-order valence-electron chi connectivity index (χ2n) is 1.73. The number of rotatable bonds is 1. The minimum Gasteiger partial charge on any atom is -0.358 e. The van der Waals surface area contributed by atoms with Crippen LogP contribution in [-0.2, 0) is 6.42 Å². The van der Waals surface area contributed by atoms with Crippen LogP contribution < -0.4 is 0 Å². The summed E-state index contributed by atoms with van der Waals surface area (Å²) in [5.74, 6) is 0.568. The monoisotopic (exact) mass is 156 g/mol. The first-order chi connectivity index (χ1) is 4.79. The molecule has 3 nitrogen and oxygen atoms in total. The second-order valence-corrected chi connectivity index (χ2v) is 2.11. The van der Waals surface area contributed by atoms with Crippen LogP contribution in [0, 0.1) is 11.3 Å². The van der Waals surface area contributed by atoms with Crippen molar-refractivity contribution in [2.45, 2.75) is 13.3 Å². The summed E-state index contributed by atoms with van der Waals surface area (Å²) in [7, 11) is 0. The van der Waals surface area contributed by atoms with Gasteiger partial charge >= 0.3 is 0 Å². The molecule has 10 heavy (non-hydrogen) atoms. The lowest BCUT2D eigenvalue weighted by molar-refractivity contribution is 0.385. The zero-order valence-corrected chi connectivity index (χ0v) is 6.14. The van der Waals surface area contributed by atoms with Gasteiger partial charge in [-0.3, -0.25) is 0 Å². The summed E-state index contributed by atoms with van der Waals surface area (Å²) < 4.78 is 4.73. The van der Waals surface area contributed by atoms with Crippen LogP contribution in [0.25, 0.3) is 0 Å². The van der Waals surface area contributed by atoms with Crippen LogP contribution in [0.1, 0.15) is 18.4 Å². The van der Waals surface area contributed by atoms with E-state index in [9.17, 15) is 0 Å². The van der Waals surface area contributed by atoms with E-state index in [4.69, 9.17) is 21.4 Å². The molecule has 52 valence electrons. The maximum absolute atomic E-state index is 8.37. The fourth-order valence-corrected chi connectivity index (χ4v) is 0.847. The van der Waals surface area contributed by atoms with E-state index in [1.165, 1.54) is 0 Å². The Bertz CT molecular complexity index is 274. The quantitative estimate of drug-likeness (QED) is 0.623. The highest BCUT2D eigenvalue weighted by Gasteiger charge is 2.10. The molecule has 1 aromatic rings. The Morgan fingerprint density at radius 3 is 2.80 bits per heavy atom. The van der Waals surface area contributed by atoms with Crippen molar-refractivity contribution in [1.29, 1.82) is 5.26 Å². The summed E-state index contributed by atoms with van der Waals surface area (Å²) in [5, 5.41) is 12.1. The molecule has 1 rings (SSSR count). The predicted octanol–water partition coefficient (Wildman–Crippen LogP) is 1.76. The molecule has 4 heteroatoms. The number of nitrogens with zero attached hydrogens (tertiary/aromatic N) is 2. The summed E-state index contributed by atoms with van der Waals surface area (Å²) in [5.41, 5.74) is 0.165. The van der Waals surface area contributed by atoms with Crippen molar-refractivity contribution in [3.63, 3.8) is 0 Å².